The van der Waals surface area contributed by atoms with Crippen molar-refractivity contribution in [1.82, 2.24) is 15.1 Å². The molecule has 0 aliphatic rings. The Balaban J connectivity index is 1.63. The van der Waals surface area contributed by atoms with Gasteiger partial charge in [0.1, 0.15) is 0 Å². The predicted octanol–water partition coefficient (Wildman–Crippen LogP) is 4.65. The summed E-state index contributed by atoms with van der Waals surface area (Å²) in [7, 11) is 0. The van der Waals surface area contributed by atoms with Crippen LogP contribution < -0.4 is 10.6 Å². The van der Waals surface area contributed by atoms with Crippen molar-refractivity contribution < 1.29 is 0 Å². The van der Waals surface area contributed by atoms with E-state index in [0.29, 0.717) is 11.5 Å². The van der Waals surface area contributed by atoms with Crippen LogP contribution in [-0.2, 0) is 6.54 Å². The number of nitrogens with one attached hydrogen (secondary N) is 2. The summed E-state index contributed by atoms with van der Waals surface area (Å²) in [5.74, 6) is 0. The molecular formula is C22H23N5S. The number of nitrogens with zero attached hydrogens (tertiary/aromatic N) is 3. The van der Waals surface area contributed by atoms with E-state index in [2.05, 4.69) is 46.1 Å². The summed E-state index contributed by atoms with van der Waals surface area (Å²) in [6.07, 6.45) is 6.09. The molecule has 0 spiro atoms. The van der Waals surface area contributed by atoms with Gasteiger partial charge >= 0.3 is 0 Å². The second-order valence-electron chi connectivity index (χ2n) is 6.46. The standard InChI is InChI=1S/C22H23N5S/c23-14-8-3-9-15-27-17-20(16-24-27)25-22(28)26-21(18-10-4-1-5-11-18)19-12-6-2-7-13-19/h1-2,4-7,10-13,16-17,21H,3,8-9,15H2,(H2,25,26,28). The lowest BCUT2D eigenvalue weighted by Crippen LogP contribution is -2.32. The summed E-state index contributed by atoms with van der Waals surface area (Å²) in [6.45, 7) is 0.792. The first-order valence-corrected chi connectivity index (χ1v) is 9.74. The van der Waals surface area contributed by atoms with E-state index in [1.54, 1.807) is 6.20 Å². The molecule has 0 aliphatic heterocycles. The molecule has 6 heteroatoms. The fourth-order valence-electron chi connectivity index (χ4n) is 2.98. The molecular weight excluding hydrogens is 366 g/mol. The normalized spacial score (nSPS) is 10.4. The minimum absolute atomic E-state index is 0.0385. The van der Waals surface area contributed by atoms with E-state index >= 15 is 0 Å². The number of aryl methyl sites for hydroxylation is 1. The molecule has 1 heterocycles. The van der Waals surface area contributed by atoms with Crippen LogP contribution in [0.2, 0.25) is 0 Å². The molecule has 28 heavy (non-hydrogen) atoms. The van der Waals surface area contributed by atoms with Gasteiger partial charge in [-0.25, -0.2) is 0 Å². The Hall–Kier alpha value is -3.17. The Kier molecular flexibility index (Phi) is 7.16. The maximum absolute atomic E-state index is 8.60. The van der Waals surface area contributed by atoms with Gasteiger partial charge in [0.15, 0.2) is 5.11 Å². The molecule has 0 bridgehead atoms. The highest BCUT2D eigenvalue weighted by Crippen LogP contribution is 2.22. The van der Waals surface area contributed by atoms with E-state index in [9.17, 15) is 0 Å². The molecule has 0 amide bonds. The average molecular weight is 390 g/mol. The molecule has 2 aromatic carbocycles. The maximum Gasteiger partial charge on any atom is 0.171 e. The van der Waals surface area contributed by atoms with Gasteiger partial charge in [-0.15, -0.1) is 0 Å². The number of rotatable bonds is 8. The molecule has 142 valence electrons. The summed E-state index contributed by atoms with van der Waals surface area (Å²) < 4.78 is 1.87. The minimum Gasteiger partial charge on any atom is -0.352 e. The number of anilines is 1. The third-order valence-corrected chi connectivity index (χ3v) is 4.58. The highest BCUT2D eigenvalue weighted by atomic mass is 32.1. The van der Waals surface area contributed by atoms with Gasteiger partial charge in [-0.1, -0.05) is 60.7 Å². The maximum atomic E-state index is 8.60. The zero-order chi connectivity index (χ0) is 19.6. The van der Waals surface area contributed by atoms with Gasteiger partial charge in [-0.2, -0.15) is 10.4 Å². The van der Waals surface area contributed by atoms with Crippen molar-refractivity contribution in [2.45, 2.75) is 31.8 Å². The number of hydrogen-bond donors (Lipinski definition) is 2. The molecule has 0 saturated heterocycles. The van der Waals surface area contributed by atoms with Crippen LogP contribution in [0.15, 0.2) is 73.1 Å². The Morgan fingerprint density at radius 2 is 1.68 bits per heavy atom. The van der Waals surface area contributed by atoms with Gasteiger partial charge in [0.2, 0.25) is 0 Å². The lowest BCUT2D eigenvalue weighted by Gasteiger charge is -2.21. The van der Waals surface area contributed by atoms with E-state index in [0.717, 1.165) is 36.2 Å². The first kappa shape index (κ1) is 19.6. The van der Waals surface area contributed by atoms with Crippen molar-refractivity contribution in [3.8, 4) is 6.07 Å². The van der Waals surface area contributed by atoms with Crippen molar-refractivity contribution in [2.75, 3.05) is 5.32 Å². The quantitative estimate of drug-likeness (QED) is 0.433. The van der Waals surface area contributed by atoms with Crippen LogP contribution in [-0.4, -0.2) is 14.9 Å². The van der Waals surface area contributed by atoms with Crippen LogP contribution in [0.1, 0.15) is 36.4 Å². The molecule has 0 fully saturated rings. The van der Waals surface area contributed by atoms with E-state index < -0.39 is 0 Å². The Labute approximate surface area is 171 Å². The first-order chi connectivity index (χ1) is 13.8. The molecule has 0 radical (unpaired) electrons. The highest BCUT2D eigenvalue weighted by molar-refractivity contribution is 7.80. The van der Waals surface area contributed by atoms with Gasteiger partial charge in [-0.3, -0.25) is 4.68 Å². The summed E-state index contributed by atoms with van der Waals surface area (Å²) in [5.41, 5.74) is 3.13. The smallest absolute Gasteiger partial charge is 0.171 e. The fraction of sp³-hybridized carbons (Fsp3) is 0.227. The van der Waals surface area contributed by atoms with Crippen molar-refractivity contribution in [3.63, 3.8) is 0 Å². The Morgan fingerprint density at radius 1 is 1.04 bits per heavy atom. The van der Waals surface area contributed by atoms with Gasteiger partial charge < -0.3 is 10.6 Å². The second kappa shape index (κ2) is 10.2. The van der Waals surface area contributed by atoms with Crippen molar-refractivity contribution >= 4 is 23.0 Å². The second-order valence-corrected chi connectivity index (χ2v) is 6.87. The zero-order valence-corrected chi connectivity index (χ0v) is 16.4. The number of thiocarbonyl (C=S) groups is 1. The Morgan fingerprint density at radius 3 is 2.29 bits per heavy atom. The molecule has 3 rings (SSSR count). The lowest BCUT2D eigenvalue weighted by atomic mass is 9.99. The number of nitriles is 1. The molecule has 0 aliphatic carbocycles. The summed E-state index contributed by atoms with van der Waals surface area (Å²) in [5, 5.41) is 20.1. The first-order valence-electron chi connectivity index (χ1n) is 9.33. The lowest BCUT2D eigenvalue weighted by molar-refractivity contribution is 0.562. The van der Waals surface area contributed by atoms with E-state index in [1.165, 1.54) is 0 Å². The van der Waals surface area contributed by atoms with Crippen molar-refractivity contribution in [3.05, 3.63) is 84.2 Å². The largest absolute Gasteiger partial charge is 0.352 e. The van der Waals surface area contributed by atoms with E-state index in [1.807, 2.05) is 47.3 Å². The average Bonchev–Trinajstić information content (AvgIpc) is 3.18. The van der Waals surface area contributed by atoms with Gasteiger partial charge in [0, 0.05) is 19.2 Å². The van der Waals surface area contributed by atoms with Crippen LogP contribution in [0.5, 0.6) is 0 Å². The summed E-state index contributed by atoms with van der Waals surface area (Å²) >= 11 is 5.55. The highest BCUT2D eigenvalue weighted by Gasteiger charge is 2.15. The van der Waals surface area contributed by atoms with E-state index in [-0.39, 0.29) is 6.04 Å². The number of benzene rings is 2. The topological polar surface area (TPSA) is 65.7 Å². The van der Waals surface area contributed by atoms with E-state index in [4.69, 9.17) is 17.5 Å². The number of hydrogen-bond acceptors (Lipinski definition) is 3. The molecule has 2 N–H and O–H groups in total. The van der Waals surface area contributed by atoms with Crippen molar-refractivity contribution in [1.29, 1.82) is 5.26 Å². The molecule has 5 nitrogen and oxygen atoms in total. The molecule has 3 aromatic rings. The van der Waals surface area contributed by atoms with Crippen LogP contribution >= 0.6 is 12.2 Å². The minimum atomic E-state index is -0.0385. The molecule has 0 unspecified atom stereocenters. The summed E-state index contributed by atoms with van der Waals surface area (Å²) in [6, 6.07) is 22.6. The van der Waals surface area contributed by atoms with Crippen molar-refractivity contribution in [2.24, 2.45) is 0 Å². The predicted molar refractivity (Wildman–Crippen MR) is 116 cm³/mol. The van der Waals surface area contributed by atoms with Crippen LogP contribution in [0.25, 0.3) is 0 Å². The molecule has 0 saturated carbocycles. The fourth-order valence-corrected chi connectivity index (χ4v) is 3.21. The molecule has 1 aromatic heterocycles. The van der Waals surface area contributed by atoms with Gasteiger partial charge in [0.05, 0.1) is 24.0 Å². The zero-order valence-electron chi connectivity index (χ0n) is 15.6. The van der Waals surface area contributed by atoms with Gasteiger partial charge in [-0.05, 0) is 36.2 Å². The SMILES string of the molecule is N#CCCCCn1cc(NC(=S)NC(c2ccccc2)c2ccccc2)cn1. The van der Waals surface area contributed by atoms with Crippen LogP contribution in [0.3, 0.4) is 0 Å². The van der Waals surface area contributed by atoms with Crippen LogP contribution in [0, 0.1) is 11.3 Å². The number of aromatic nitrogens is 2. The molecule has 0 atom stereocenters. The summed E-state index contributed by atoms with van der Waals surface area (Å²) in [4.78, 5) is 0. The third kappa shape index (κ3) is 5.66. The Bertz CT molecular complexity index is 875. The van der Waals surface area contributed by atoms with Crippen LogP contribution in [0.4, 0.5) is 5.69 Å². The number of unbranched alkanes of at least 4 members (excludes halogenated alkanes) is 2. The monoisotopic (exact) mass is 389 g/mol. The third-order valence-electron chi connectivity index (χ3n) is 4.36. The van der Waals surface area contributed by atoms with Gasteiger partial charge in [0.25, 0.3) is 0 Å².